The zero-order valence-electron chi connectivity index (χ0n) is 10.1. The highest BCUT2D eigenvalue weighted by Crippen LogP contribution is 2.33. The molecule has 0 unspecified atom stereocenters. The lowest BCUT2D eigenvalue weighted by Crippen LogP contribution is -1.94. The summed E-state index contributed by atoms with van der Waals surface area (Å²) in [6, 6.07) is 6.06. The predicted molar refractivity (Wildman–Crippen MR) is 71.2 cm³/mol. The number of rotatable bonds is 3. The van der Waals surface area contributed by atoms with Crippen molar-refractivity contribution in [2.75, 3.05) is 12.5 Å². The molecular formula is C13H14N2O2S. The Kier molecular flexibility index (Phi) is 2.83. The number of aryl methyl sites for hydroxylation is 3. The first kappa shape index (κ1) is 11.3. The molecule has 2 N–H and O–H groups in total. The second-order valence-corrected chi connectivity index (χ2v) is 5.48. The topological polar surface area (TPSA) is 57.4 Å². The van der Waals surface area contributed by atoms with Crippen LogP contribution in [0.4, 0.5) is 5.13 Å². The fraction of sp³-hybridized carbons (Fsp3) is 0.308. The summed E-state index contributed by atoms with van der Waals surface area (Å²) < 4.78 is 10.7. The van der Waals surface area contributed by atoms with E-state index in [9.17, 15) is 0 Å². The summed E-state index contributed by atoms with van der Waals surface area (Å²) in [6.45, 7) is 2.38. The van der Waals surface area contributed by atoms with Crippen LogP contribution >= 0.6 is 11.3 Å². The van der Waals surface area contributed by atoms with Gasteiger partial charge in [-0.1, -0.05) is 6.07 Å². The van der Waals surface area contributed by atoms with Crippen molar-refractivity contribution in [1.82, 2.24) is 4.98 Å². The van der Waals surface area contributed by atoms with Gasteiger partial charge < -0.3 is 15.2 Å². The molecule has 0 bridgehead atoms. The van der Waals surface area contributed by atoms with Crippen LogP contribution in [-0.4, -0.2) is 11.8 Å². The van der Waals surface area contributed by atoms with E-state index in [1.54, 1.807) is 11.3 Å². The molecule has 1 aromatic heterocycles. The number of hydrogen-bond donors (Lipinski definition) is 1. The molecule has 2 aromatic rings. The van der Waals surface area contributed by atoms with Crippen LogP contribution in [0.15, 0.2) is 18.2 Å². The van der Waals surface area contributed by atoms with Crippen LogP contribution in [0.3, 0.4) is 0 Å². The summed E-state index contributed by atoms with van der Waals surface area (Å²) in [5, 5.41) is 0.646. The molecule has 18 heavy (non-hydrogen) atoms. The predicted octanol–water partition coefficient (Wildman–Crippen LogP) is 2.55. The van der Waals surface area contributed by atoms with Crippen molar-refractivity contribution in [3.05, 3.63) is 34.3 Å². The van der Waals surface area contributed by atoms with Crippen molar-refractivity contribution in [3.63, 3.8) is 0 Å². The molecule has 1 aliphatic heterocycles. The highest BCUT2D eigenvalue weighted by molar-refractivity contribution is 7.15. The first-order valence-electron chi connectivity index (χ1n) is 5.82. The maximum absolute atomic E-state index is 5.69. The van der Waals surface area contributed by atoms with Crippen LogP contribution in [0.2, 0.25) is 0 Å². The van der Waals surface area contributed by atoms with Crippen LogP contribution in [0.5, 0.6) is 11.5 Å². The summed E-state index contributed by atoms with van der Waals surface area (Å²) in [5.74, 6) is 1.66. The van der Waals surface area contributed by atoms with Gasteiger partial charge >= 0.3 is 0 Å². The first-order chi connectivity index (χ1) is 8.72. The van der Waals surface area contributed by atoms with Crippen LogP contribution in [-0.2, 0) is 12.8 Å². The number of anilines is 1. The van der Waals surface area contributed by atoms with Gasteiger partial charge in [0.2, 0.25) is 6.79 Å². The molecule has 0 aliphatic carbocycles. The fourth-order valence-corrected chi connectivity index (χ4v) is 2.78. The molecule has 1 aliphatic rings. The molecule has 0 spiro atoms. The van der Waals surface area contributed by atoms with Gasteiger partial charge in [0.15, 0.2) is 16.6 Å². The van der Waals surface area contributed by atoms with E-state index >= 15 is 0 Å². The van der Waals surface area contributed by atoms with Crippen molar-refractivity contribution < 1.29 is 9.47 Å². The average Bonchev–Trinajstić information content (AvgIpc) is 2.92. The largest absolute Gasteiger partial charge is 0.454 e. The molecule has 0 amide bonds. The molecule has 5 heteroatoms. The third-order valence-electron chi connectivity index (χ3n) is 3.00. The van der Waals surface area contributed by atoms with E-state index in [-0.39, 0.29) is 0 Å². The molecule has 0 saturated carbocycles. The number of nitrogens with two attached hydrogens (primary N) is 1. The Bertz CT molecular complexity index is 580. The second-order valence-electron chi connectivity index (χ2n) is 4.24. The number of nitrogens with zero attached hydrogens (tertiary/aromatic N) is 1. The highest BCUT2D eigenvalue weighted by Gasteiger charge is 2.13. The van der Waals surface area contributed by atoms with Crippen molar-refractivity contribution in [2.45, 2.75) is 19.8 Å². The molecule has 0 radical (unpaired) electrons. The zero-order valence-corrected chi connectivity index (χ0v) is 10.9. The lowest BCUT2D eigenvalue weighted by molar-refractivity contribution is 0.174. The van der Waals surface area contributed by atoms with Gasteiger partial charge in [-0.3, -0.25) is 0 Å². The van der Waals surface area contributed by atoms with Gasteiger partial charge in [-0.2, -0.15) is 0 Å². The van der Waals surface area contributed by atoms with Gasteiger partial charge in [0, 0.05) is 4.88 Å². The lowest BCUT2D eigenvalue weighted by Gasteiger charge is -2.02. The summed E-state index contributed by atoms with van der Waals surface area (Å²) in [4.78, 5) is 5.54. The number of benzene rings is 1. The minimum Gasteiger partial charge on any atom is -0.454 e. The van der Waals surface area contributed by atoms with Gasteiger partial charge in [0.1, 0.15) is 0 Å². The number of nitrogen functional groups attached to an aromatic ring is 1. The molecule has 0 saturated heterocycles. The molecular weight excluding hydrogens is 248 g/mol. The Hall–Kier alpha value is -1.75. The molecule has 4 nitrogen and oxygen atoms in total. The number of aromatic nitrogens is 1. The Labute approximate surface area is 109 Å². The van der Waals surface area contributed by atoms with Crippen molar-refractivity contribution in [3.8, 4) is 11.5 Å². The number of ether oxygens (including phenoxy) is 2. The molecule has 2 heterocycles. The Morgan fingerprint density at radius 2 is 2.11 bits per heavy atom. The van der Waals surface area contributed by atoms with E-state index in [1.165, 1.54) is 10.4 Å². The second kappa shape index (κ2) is 4.49. The van der Waals surface area contributed by atoms with Crippen molar-refractivity contribution >= 4 is 16.5 Å². The van der Waals surface area contributed by atoms with Crippen LogP contribution < -0.4 is 15.2 Å². The molecule has 3 rings (SSSR count). The van der Waals surface area contributed by atoms with Gasteiger partial charge in [-0.25, -0.2) is 4.98 Å². The SMILES string of the molecule is Cc1sc(N)nc1CCc1ccc2c(c1)OCO2. The molecule has 1 aromatic carbocycles. The van der Waals surface area contributed by atoms with E-state index in [2.05, 4.69) is 18.0 Å². The average molecular weight is 262 g/mol. The minimum absolute atomic E-state index is 0.320. The van der Waals surface area contributed by atoms with Crippen molar-refractivity contribution in [2.24, 2.45) is 0 Å². The molecule has 0 atom stereocenters. The van der Waals surface area contributed by atoms with E-state index in [1.807, 2.05) is 12.1 Å². The molecule has 94 valence electrons. The summed E-state index contributed by atoms with van der Waals surface area (Å²) in [7, 11) is 0. The van der Waals surface area contributed by atoms with Gasteiger partial charge in [-0.05, 0) is 37.5 Å². The number of hydrogen-bond acceptors (Lipinski definition) is 5. The van der Waals surface area contributed by atoms with Crippen LogP contribution in [0, 0.1) is 6.92 Å². The normalized spacial score (nSPS) is 12.9. The lowest BCUT2D eigenvalue weighted by atomic mass is 10.1. The monoisotopic (exact) mass is 262 g/mol. The summed E-state index contributed by atoms with van der Waals surface area (Å²) in [5.41, 5.74) is 8.01. The highest BCUT2D eigenvalue weighted by atomic mass is 32.1. The zero-order chi connectivity index (χ0) is 12.5. The maximum Gasteiger partial charge on any atom is 0.231 e. The summed E-state index contributed by atoms with van der Waals surface area (Å²) >= 11 is 1.55. The number of fused-ring (bicyclic) bond motifs is 1. The van der Waals surface area contributed by atoms with Crippen molar-refractivity contribution in [1.29, 1.82) is 0 Å². The quantitative estimate of drug-likeness (QED) is 0.923. The third-order valence-corrected chi connectivity index (χ3v) is 3.84. The van der Waals surface area contributed by atoms with Gasteiger partial charge in [0.05, 0.1) is 5.69 Å². The first-order valence-corrected chi connectivity index (χ1v) is 6.64. The van der Waals surface area contributed by atoms with Crippen LogP contribution in [0.25, 0.3) is 0 Å². The fourth-order valence-electron chi connectivity index (χ4n) is 2.04. The van der Waals surface area contributed by atoms with E-state index < -0.39 is 0 Å². The van der Waals surface area contributed by atoms with E-state index in [0.717, 1.165) is 30.0 Å². The maximum atomic E-state index is 5.69. The third kappa shape index (κ3) is 2.13. The Morgan fingerprint density at radius 1 is 1.28 bits per heavy atom. The van der Waals surface area contributed by atoms with Crippen LogP contribution in [0.1, 0.15) is 16.1 Å². The smallest absolute Gasteiger partial charge is 0.231 e. The Balaban J connectivity index is 1.72. The number of thiazole rings is 1. The van der Waals surface area contributed by atoms with E-state index in [4.69, 9.17) is 15.2 Å². The van der Waals surface area contributed by atoms with E-state index in [0.29, 0.717) is 11.9 Å². The Morgan fingerprint density at radius 3 is 2.89 bits per heavy atom. The minimum atomic E-state index is 0.320. The van der Waals surface area contributed by atoms with Gasteiger partial charge in [-0.15, -0.1) is 11.3 Å². The molecule has 0 fully saturated rings. The van der Waals surface area contributed by atoms with Gasteiger partial charge in [0.25, 0.3) is 0 Å². The standard InChI is InChI=1S/C13H14N2O2S/c1-8-10(15-13(14)18-8)4-2-9-3-5-11-12(6-9)17-7-16-11/h3,5-6H,2,4,7H2,1H3,(H2,14,15). The summed E-state index contributed by atoms with van der Waals surface area (Å²) in [6.07, 6.45) is 1.83.